The molecule has 0 bridgehead atoms. The first-order chi connectivity index (χ1) is 15.5. The van der Waals surface area contributed by atoms with Crippen LogP contribution in [0.3, 0.4) is 0 Å². The van der Waals surface area contributed by atoms with Crippen LogP contribution in [0, 0.1) is 10.1 Å². The van der Waals surface area contributed by atoms with Crippen LogP contribution in [-0.4, -0.2) is 27.4 Å². The number of rotatable bonds is 7. The summed E-state index contributed by atoms with van der Waals surface area (Å²) in [7, 11) is 0. The number of fused-ring (bicyclic) bond motifs is 1. The molecule has 1 aromatic heterocycles. The van der Waals surface area contributed by atoms with Gasteiger partial charge in [-0.05, 0) is 42.7 Å². The number of aryl methyl sites for hydroxylation is 1. The van der Waals surface area contributed by atoms with Crippen molar-refractivity contribution in [3.63, 3.8) is 0 Å². The van der Waals surface area contributed by atoms with Gasteiger partial charge in [-0.1, -0.05) is 35.6 Å². The number of carbonyl (C=O) groups excluding carboxylic acids is 1. The third-order valence-electron chi connectivity index (χ3n) is 4.65. The summed E-state index contributed by atoms with van der Waals surface area (Å²) in [4.78, 5) is 28.5. The number of para-hydroxylation sites is 1. The maximum absolute atomic E-state index is 13.0. The number of non-ortho nitro benzene ring substituents is 1. The van der Waals surface area contributed by atoms with Crippen LogP contribution >= 0.6 is 23.1 Å². The number of nitrogens with zero attached hydrogens (tertiary/aromatic N) is 3. The van der Waals surface area contributed by atoms with E-state index in [1.54, 1.807) is 42.1 Å². The predicted octanol–water partition coefficient (Wildman–Crippen LogP) is 5.51. The molecule has 0 saturated carbocycles. The summed E-state index contributed by atoms with van der Waals surface area (Å²) < 4.78 is 8.47. The average Bonchev–Trinajstić information content (AvgIpc) is 3.14. The van der Waals surface area contributed by atoms with Gasteiger partial charge in [0.05, 0.1) is 15.1 Å². The molecule has 4 aromatic rings. The van der Waals surface area contributed by atoms with Crippen molar-refractivity contribution < 1.29 is 14.5 Å². The Morgan fingerprint density at radius 2 is 1.88 bits per heavy atom. The van der Waals surface area contributed by atoms with Gasteiger partial charge in [-0.2, -0.15) is 16.8 Å². The number of benzene rings is 3. The molecule has 0 aliphatic carbocycles. The number of carbonyl (C=O) groups is 1. The lowest BCUT2D eigenvalue weighted by Crippen LogP contribution is -2.18. The number of ether oxygens (including phenoxy) is 1. The van der Waals surface area contributed by atoms with Crippen LogP contribution in [0.15, 0.2) is 77.8 Å². The van der Waals surface area contributed by atoms with Crippen molar-refractivity contribution in [2.24, 2.45) is 4.99 Å². The van der Waals surface area contributed by atoms with E-state index in [1.165, 1.54) is 23.5 Å². The van der Waals surface area contributed by atoms with Gasteiger partial charge in [0.25, 0.3) is 11.6 Å². The summed E-state index contributed by atoms with van der Waals surface area (Å²) in [5.41, 5.74) is 1.24. The van der Waals surface area contributed by atoms with Crippen LogP contribution in [0.25, 0.3) is 10.2 Å². The molecule has 7 nitrogen and oxygen atoms in total. The highest BCUT2D eigenvalue weighted by Gasteiger charge is 2.13. The minimum absolute atomic E-state index is 0.0133. The quantitative estimate of drug-likeness (QED) is 0.265. The fourth-order valence-corrected chi connectivity index (χ4v) is 4.58. The lowest BCUT2D eigenvalue weighted by atomic mass is 10.2. The topological polar surface area (TPSA) is 86.7 Å². The van der Waals surface area contributed by atoms with E-state index in [-0.39, 0.29) is 5.69 Å². The van der Waals surface area contributed by atoms with E-state index in [9.17, 15) is 14.9 Å². The van der Waals surface area contributed by atoms with E-state index < -0.39 is 10.8 Å². The number of amides is 1. The van der Waals surface area contributed by atoms with Gasteiger partial charge in [0.1, 0.15) is 11.5 Å². The molecule has 1 amide bonds. The zero-order valence-electron chi connectivity index (χ0n) is 17.1. The van der Waals surface area contributed by atoms with Crippen molar-refractivity contribution in [1.82, 2.24) is 4.57 Å². The van der Waals surface area contributed by atoms with Crippen LogP contribution in [0.2, 0.25) is 0 Å². The normalized spacial score (nSPS) is 11.6. The summed E-state index contributed by atoms with van der Waals surface area (Å²) in [6.45, 7) is 0.641. The molecule has 0 radical (unpaired) electrons. The molecule has 32 heavy (non-hydrogen) atoms. The smallest absolute Gasteiger partial charge is 0.279 e. The molecular weight excluding hydrogens is 446 g/mol. The number of thiazole rings is 1. The molecule has 0 fully saturated rings. The van der Waals surface area contributed by atoms with Gasteiger partial charge >= 0.3 is 0 Å². The molecule has 4 rings (SSSR count). The average molecular weight is 466 g/mol. The Labute approximate surface area is 192 Å². The molecule has 0 saturated heterocycles. The highest BCUT2D eigenvalue weighted by Crippen LogP contribution is 2.24. The van der Waals surface area contributed by atoms with Crippen molar-refractivity contribution in [2.45, 2.75) is 6.54 Å². The molecule has 0 unspecified atom stereocenters. The van der Waals surface area contributed by atoms with Gasteiger partial charge in [0, 0.05) is 30.0 Å². The van der Waals surface area contributed by atoms with Gasteiger partial charge in [0.2, 0.25) is 0 Å². The SMILES string of the molecule is CSCCn1c(=NC(=O)c2cccc(Oc3ccccc3)c2)sc2cc([N+](=O)[O-])ccc21. The standard InChI is InChI=1S/C23H19N3O4S2/c1-31-13-12-25-20-11-10-17(26(28)29)15-21(20)32-23(25)24-22(27)16-6-5-9-19(14-16)30-18-7-3-2-4-8-18/h2-11,14-15H,12-13H2,1H3. The Bertz CT molecular complexity index is 1350. The molecule has 0 aliphatic heterocycles. The van der Waals surface area contributed by atoms with Crippen molar-refractivity contribution in [1.29, 1.82) is 0 Å². The number of nitro benzene ring substituents is 1. The van der Waals surface area contributed by atoms with E-state index >= 15 is 0 Å². The molecule has 9 heteroatoms. The number of aromatic nitrogens is 1. The Morgan fingerprint density at radius 3 is 2.62 bits per heavy atom. The fourth-order valence-electron chi connectivity index (χ4n) is 3.13. The van der Waals surface area contributed by atoms with Crippen LogP contribution in [-0.2, 0) is 6.54 Å². The molecular formula is C23H19N3O4S2. The summed E-state index contributed by atoms with van der Waals surface area (Å²) in [6, 6.07) is 20.9. The summed E-state index contributed by atoms with van der Waals surface area (Å²) >= 11 is 2.94. The van der Waals surface area contributed by atoms with Gasteiger partial charge in [0.15, 0.2) is 4.80 Å². The molecule has 0 aliphatic rings. The highest BCUT2D eigenvalue weighted by atomic mass is 32.2. The zero-order valence-corrected chi connectivity index (χ0v) is 18.8. The van der Waals surface area contributed by atoms with E-state index in [2.05, 4.69) is 4.99 Å². The van der Waals surface area contributed by atoms with Crippen LogP contribution in [0.1, 0.15) is 10.4 Å². The first-order valence-corrected chi connectivity index (χ1v) is 11.9. The number of hydrogen-bond donors (Lipinski definition) is 0. The van der Waals surface area contributed by atoms with Crippen molar-refractivity contribution >= 4 is 44.9 Å². The molecule has 162 valence electrons. The third kappa shape index (κ3) is 4.90. The maximum atomic E-state index is 13.0. The first-order valence-electron chi connectivity index (χ1n) is 9.74. The molecule has 0 atom stereocenters. The summed E-state index contributed by atoms with van der Waals surface area (Å²) in [6.07, 6.45) is 2.00. The van der Waals surface area contributed by atoms with E-state index in [1.807, 2.05) is 41.2 Å². The van der Waals surface area contributed by atoms with E-state index in [0.29, 0.717) is 33.1 Å². The van der Waals surface area contributed by atoms with Gasteiger partial charge in [-0.15, -0.1) is 0 Å². The lowest BCUT2D eigenvalue weighted by Gasteiger charge is -2.06. The van der Waals surface area contributed by atoms with Crippen LogP contribution in [0.4, 0.5) is 5.69 Å². The first kappa shape index (κ1) is 21.8. The molecule has 0 N–H and O–H groups in total. The van der Waals surface area contributed by atoms with Crippen molar-refractivity contribution in [3.8, 4) is 11.5 Å². The Kier molecular flexibility index (Phi) is 6.67. The summed E-state index contributed by atoms with van der Waals surface area (Å²) in [5.74, 6) is 1.64. The van der Waals surface area contributed by atoms with Gasteiger partial charge in [-0.3, -0.25) is 14.9 Å². The largest absolute Gasteiger partial charge is 0.457 e. The monoisotopic (exact) mass is 465 g/mol. The number of hydrogen-bond acceptors (Lipinski definition) is 6. The minimum atomic E-state index is -0.425. The summed E-state index contributed by atoms with van der Waals surface area (Å²) in [5, 5.41) is 11.1. The van der Waals surface area contributed by atoms with E-state index in [0.717, 1.165) is 11.3 Å². The second-order valence-electron chi connectivity index (χ2n) is 6.80. The third-order valence-corrected chi connectivity index (χ3v) is 6.29. The highest BCUT2D eigenvalue weighted by molar-refractivity contribution is 7.98. The molecule has 1 heterocycles. The fraction of sp³-hybridized carbons (Fsp3) is 0.130. The Balaban J connectivity index is 1.70. The minimum Gasteiger partial charge on any atom is -0.457 e. The van der Waals surface area contributed by atoms with Crippen LogP contribution < -0.4 is 9.54 Å². The molecule has 3 aromatic carbocycles. The van der Waals surface area contributed by atoms with Crippen molar-refractivity contribution in [3.05, 3.63) is 93.3 Å². The second kappa shape index (κ2) is 9.80. The number of thioether (sulfide) groups is 1. The van der Waals surface area contributed by atoms with Gasteiger partial charge < -0.3 is 9.30 Å². The maximum Gasteiger partial charge on any atom is 0.279 e. The Morgan fingerprint density at radius 1 is 1.09 bits per heavy atom. The zero-order chi connectivity index (χ0) is 22.5. The Hall–Kier alpha value is -3.43. The van der Waals surface area contributed by atoms with Crippen LogP contribution in [0.5, 0.6) is 11.5 Å². The van der Waals surface area contributed by atoms with Gasteiger partial charge in [-0.25, -0.2) is 0 Å². The predicted molar refractivity (Wildman–Crippen MR) is 128 cm³/mol. The second-order valence-corrected chi connectivity index (χ2v) is 8.79. The molecule has 0 spiro atoms. The number of nitro groups is 1. The van der Waals surface area contributed by atoms with Crippen molar-refractivity contribution in [2.75, 3.05) is 12.0 Å². The van der Waals surface area contributed by atoms with E-state index in [4.69, 9.17) is 4.74 Å². The lowest BCUT2D eigenvalue weighted by molar-refractivity contribution is -0.384.